The van der Waals surface area contributed by atoms with Gasteiger partial charge in [-0.1, -0.05) is 17.8 Å². The molecule has 2 aliphatic heterocycles. The molecule has 0 aromatic carbocycles. The number of thioether (sulfide) groups is 1. The number of aromatic nitrogens is 3. The van der Waals surface area contributed by atoms with Crippen LogP contribution in [-0.2, 0) is 26.3 Å². The van der Waals surface area contributed by atoms with Gasteiger partial charge < -0.3 is 15.9 Å². The molecule has 15 heteroatoms. The van der Waals surface area contributed by atoms with Crippen LogP contribution < -0.4 is 15.6 Å². The summed E-state index contributed by atoms with van der Waals surface area (Å²) in [5.41, 5.74) is 6.47. The van der Waals surface area contributed by atoms with Crippen LogP contribution in [0.5, 0.6) is 0 Å². The maximum absolute atomic E-state index is 13.2. The fourth-order valence-electron chi connectivity index (χ4n) is 3.92. The molecule has 1 fully saturated rings. The molecule has 2 aliphatic rings. The molecule has 0 bridgehead atoms. The average Bonchev–Trinajstić information content (AvgIpc) is 3.47. The van der Waals surface area contributed by atoms with Crippen molar-refractivity contribution in [1.29, 1.82) is 0 Å². The van der Waals surface area contributed by atoms with Crippen LogP contribution in [0.1, 0.15) is 24.5 Å². The largest absolute Gasteiger partial charge is 0.392 e. The third kappa shape index (κ3) is 4.83. The lowest BCUT2D eigenvalue weighted by Gasteiger charge is -2.49. The SMILES string of the molecule is CC(C)O/N=C(\C(=O)N[C@@H]1C(=O)N2C(C(=O)S)=C(c3cc4cc[n+](C)cc4s3)CS[C@H]12)c1nsc(N)n1. The summed E-state index contributed by atoms with van der Waals surface area (Å²) in [7, 11) is 1.94. The van der Waals surface area contributed by atoms with Crippen LogP contribution in [0.15, 0.2) is 35.4 Å². The van der Waals surface area contributed by atoms with Crippen LogP contribution in [0.3, 0.4) is 0 Å². The van der Waals surface area contributed by atoms with Gasteiger partial charge in [-0.25, -0.2) is 4.57 Å². The molecular weight excluding hydrogens is 555 g/mol. The Bertz CT molecular complexity index is 1490. The Balaban J connectivity index is 1.41. The second-order valence-electron chi connectivity index (χ2n) is 8.58. The number of pyridine rings is 1. The Morgan fingerprint density at radius 3 is 2.86 bits per heavy atom. The quantitative estimate of drug-likeness (QED) is 0.126. The summed E-state index contributed by atoms with van der Waals surface area (Å²) in [4.78, 5) is 50.5. The number of amides is 2. The van der Waals surface area contributed by atoms with E-state index in [1.54, 1.807) is 25.2 Å². The number of β-lactam (4-membered cyclic amide) rings is 1. The highest BCUT2D eigenvalue weighted by Crippen LogP contribution is 2.45. The molecule has 0 spiro atoms. The van der Waals surface area contributed by atoms with Gasteiger partial charge in [-0.2, -0.15) is 9.36 Å². The van der Waals surface area contributed by atoms with Crippen LogP contribution in [0.2, 0.25) is 0 Å². The number of nitrogen functional groups attached to an aromatic ring is 1. The summed E-state index contributed by atoms with van der Waals surface area (Å²) in [6.45, 7) is 3.51. The van der Waals surface area contributed by atoms with E-state index in [2.05, 4.69) is 32.5 Å². The maximum atomic E-state index is 13.2. The summed E-state index contributed by atoms with van der Waals surface area (Å²) < 4.78 is 7.06. The first-order chi connectivity index (χ1) is 17.6. The molecule has 2 atom stereocenters. The second-order valence-corrected chi connectivity index (χ2v) is 12.0. The Morgan fingerprint density at radius 2 is 2.19 bits per heavy atom. The van der Waals surface area contributed by atoms with E-state index in [0.717, 1.165) is 32.1 Å². The van der Waals surface area contributed by atoms with Crippen molar-refractivity contribution in [3.8, 4) is 0 Å². The summed E-state index contributed by atoms with van der Waals surface area (Å²) in [6, 6.07) is 3.15. The van der Waals surface area contributed by atoms with Crippen molar-refractivity contribution in [3.63, 3.8) is 0 Å². The van der Waals surface area contributed by atoms with E-state index in [9.17, 15) is 14.4 Å². The lowest BCUT2D eigenvalue weighted by atomic mass is 10.0. The number of nitrogens with two attached hydrogens (primary N) is 1. The van der Waals surface area contributed by atoms with Gasteiger partial charge in [-0.3, -0.25) is 19.3 Å². The minimum absolute atomic E-state index is 0.00662. The van der Waals surface area contributed by atoms with E-state index in [4.69, 9.17) is 10.6 Å². The first kappa shape index (κ1) is 25.6. The molecule has 5 rings (SSSR count). The number of hydrogen-bond acceptors (Lipinski definition) is 11. The number of rotatable bonds is 7. The van der Waals surface area contributed by atoms with Crippen LogP contribution in [0.4, 0.5) is 5.13 Å². The fraction of sp³-hybridized carbons (Fsp3) is 0.318. The second kappa shape index (κ2) is 10.0. The monoisotopic (exact) mass is 576 g/mol. The number of carbonyl (C=O) groups is 3. The van der Waals surface area contributed by atoms with Crippen molar-refractivity contribution < 1.29 is 23.8 Å². The highest BCUT2D eigenvalue weighted by atomic mass is 32.2. The Morgan fingerprint density at radius 1 is 1.41 bits per heavy atom. The van der Waals surface area contributed by atoms with Crippen LogP contribution in [0.25, 0.3) is 15.7 Å². The molecular formula is C22H22N7O4S4+. The van der Waals surface area contributed by atoms with Crippen molar-refractivity contribution in [2.45, 2.75) is 31.4 Å². The standard InChI is InChI=1S/C22H21N7O4S4/c1-9(2)33-26-14(17-25-22(23)37-27-17)18(30)24-15-19(31)29-16(21(32)34)11(8-35-20(15)29)12-6-10-4-5-28(3)7-13(10)36-12/h4-7,9,15,20H,8H2,1-3H3,(H3-,23,24,25,27,30,32,34)/p+1/b26-14-/t15-,20-/m1/s1. The molecule has 0 radical (unpaired) electrons. The van der Waals surface area contributed by atoms with E-state index in [0.29, 0.717) is 5.75 Å². The molecule has 0 aliphatic carbocycles. The van der Waals surface area contributed by atoms with Crippen molar-refractivity contribution in [3.05, 3.63) is 40.9 Å². The summed E-state index contributed by atoms with van der Waals surface area (Å²) in [5, 5.41) is 6.83. The molecule has 3 N–H and O–H groups in total. The Hall–Kier alpha value is -3.01. The third-order valence-electron chi connectivity index (χ3n) is 5.58. The first-order valence-electron chi connectivity index (χ1n) is 11.1. The summed E-state index contributed by atoms with van der Waals surface area (Å²) in [6.07, 6.45) is 3.67. The van der Waals surface area contributed by atoms with Gasteiger partial charge in [0.1, 0.15) is 30.3 Å². The van der Waals surface area contributed by atoms with Gasteiger partial charge >= 0.3 is 0 Å². The van der Waals surface area contributed by atoms with Gasteiger partial charge in [-0.15, -0.1) is 23.1 Å². The average molecular weight is 577 g/mol. The molecule has 37 heavy (non-hydrogen) atoms. The third-order valence-corrected chi connectivity index (χ3v) is 8.76. The maximum Gasteiger partial charge on any atom is 0.278 e. The van der Waals surface area contributed by atoms with E-state index in [1.807, 2.05) is 36.1 Å². The van der Waals surface area contributed by atoms with Gasteiger partial charge in [0.15, 0.2) is 17.5 Å². The number of fused-ring (bicyclic) bond motifs is 2. The van der Waals surface area contributed by atoms with Crippen LogP contribution >= 0.6 is 47.3 Å². The molecule has 0 saturated carbocycles. The van der Waals surface area contributed by atoms with Gasteiger partial charge in [0, 0.05) is 39.2 Å². The van der Waals surface area contributed by atoms with Crippen molar-refractivity contribution >= 4 is 90.7 Å². The lowest BCUT2D eigenvalue weighted by molar-refractivity contribution is -0.670. The predicted octanol–water partition coefficient (Wildman–Crippen LogP) is 1.56. The number of nitrogens with one attached hydrogen (secondary N) is 1. The van der Waals surface area contributed by atoms with Crippen LogP contribution in [-0.4, -0.2) is 60.2 Å². The van der Waals surface area contributed by atoms with Crippen LogP contribution in [0, 0.1) is 0 Å². The number of hydrogen-bond donors (Lipinski definition) is 3. The van der Waals surface area contributed by atoms with E-state index in [1.165, 1.54) is 16.7 Å². The Labute approximate surface area is 229 Å². The molecule has 0 unspecified atom stereocenters. The van der Waals surface area contributed by atoms with Gasteiger partial charge in [-0.05, 0) is 19.9 Å². The molecule has 192 valence electrons. The number of oxime groups is 1. The minimum Gasteiger partial charge on any atom is -0.392 e. The van der Waals surface area contributed by atoms with E-state index in [-0.39, 0.29) is 28.5 Å². The zero-order valence-electron chi connectivity index (χ0n) is 19.9. The molecule has 1 saturated heterocycles. The smallest absolute Gasteiger partial charge is 0.278 e. The highest BCUT2D eigenvalue weighted by Gasteiger charge is 2.54. The zero-order valence-corrected chi connectivity index (χ0v) is 23.2. The van der Waals surface area contributed by atoms with Gasteiger partial charge in [0.2, 0.25) is 16.7 Å². The molecule has 11 nitrogen and oxygen atoms in total. The molecule has 2 amide bonds. The summed E-state index contributed by atoms with van der Waals surface area (Å²) >= 11 is 8.01. The van der Waals surface area contributed by atoms with Gasteiger partial charge in [0.25, 0.3) is 11.8 Å². The fourth-order valence-corrected chi connectivity index (χ4v) is 7.23. The number of carbonyl (C=O) groups excluding carboxylic acids is 3. The number of thiophene rings is 1. The van der Waals surface area contributed by atoms with Crippen molar-refractivity contribution in [1.82, 2.24) is 19.6 Å². The van der Waals surface area contributed by atoms with Gasteiger partial charge in [0.05, 0.1) is 4.70 Å². The predicted molar refractivity (Wildman–Crippen MR) is 146 cm³/mol. The minimum atomic E-state index is -0.872. The highest BCUT2D eigenvalue weighted by molar-refractivity contribution is 8.00. The van der Waals surface area contributed by atoms with E-state index < -0.39 is 28.3 Å². The number of anilines is 1. The van der Waals surface area contributed by atoms with Crippen molar-refractivity contribution in [2.75, 3.05) is 11.5 Å². The van der Waals surface area contributed by atoms with Crippen molar-refractivity contribution in [2.24, 2.45) is 12.2 Å². The molecule has 3 aromatic heterocycles. The zero-order chi connectivity index (χ0) is 26.4. The summed E-state index contributed by atoms with van der Waals surface area (Å²) in [5.74, 6) is -0.610. The molecule has 3 aromatic rings. The molecule has 5 heterocycles. The first-order valence-corrected chi connectivity index (χ1v) is 14.2. The normalized spacial score (nSPS) is 19.8. The Kier molecular flexibility index (Phi) is 6.95. The lowest BCUT2D eigenvalue weighted by Crippen LogP contribution is -2.70. The number of nitrogens with zero attached hydrogens (tertiary/aromatic N) is 5. The number of thiol groups is 1. The van der Waals surface area contributed by atoms with E-state index >= 15 is 0 Å². The topological polar surface area (TPSA) is 144 Å². The number of aryl methyl sites for hydroxylation is 1.